The summed E-state index contributed by atoms with van der Waals surface area (Å²) in [5, 5.41) is 12.5. The number of carbonyl (C=O) groups excluding carboxylic acids is 1. The third kappa shape index (κ3) is 7.19. The van der Waals surface area contributed by atoms with Crippen LogP contribution in [0, 0.1) is 5.92 Å². The van der Waals surface area contributed by atoms with E-state index < -0.39 is 0 Å². The van der Waals surface area contributed by atoms with Gasteiger partial charge in [0.15, 0.2) is 0 Å². The Bertz CT molecular complexity index is 231. The fourth-order valence-electron chi connectivity index (χ4n) is 2.19. The first-order valence-electron chi connectivity index (χ1n) is 6.72. The maximum absolute atomic E-state index is 11.8. The van der Waals surface area contributed by atoms with Crippen molar-refractivity contribution in [1.29, 1.82) is 0 Å². The SMILES string of the molecule is CC(O)CCN(C)C(=O)CCC1CCNCC1.Cl. The van der Waals surface area contributed by atoms with Gasteiger partial charge in [0, 0.05) is 20.0 Å². The number of aliphatic hydroxyl groups is 1. The Labute approximate surface area is 117 Å². The van der Waals surface area contributed by atoms with E-state index >= 15 is 0 Å². The van der Waals surface area contributed by atoms with Crippen LogP contribution >= 0.6 is 12.4 Å². The van der Waals surface area contributed by atoms with Crippen molar-refractivity contribution in [2.75, 3.05) is 26.7 Å². The normalized spacial score (nSPS) is 17.9. The summed E-state index contributed by atoms with van der Waals surface area (Å²) in [4.78, 5) is 13.6. The smallest absolute Gasteiger partial charge is 0.222 e. The Morgan fingerprint density at radius 3 is 2.61 bits per heavy atom. The molecule has 1 heterocycles. The molecule has 1 atom stereocenters. The molecule has 1 fully saturated rings. The van der Waals surface area contributed by atoms with Gasteiger partial charge in [-0.25, -0.2) is 0 Å². The predicted molar refractivity (Wildman–Crippen MR) is 76.0 cm³/mol. The molecule has 1 rings (SSSR count). The lowest BCUT2D eigenvalue weighted by atomic mass is 9.93. The van der Waals surface area contributed by atoms with Crippen molar-refractivity contribution >= 4 is 18.3 Å². The fourth-order valence-corrected chi connectivity index (χ4v) is 2.19. The van der Waals surface area contributed by atoms with Gasteiger partial charge in [0.05, 0.1) is 6.10 Å². The van der Waals surface area contributed by atoms with Crippen molar-refractivity contribution in [2.45, 2.75) is 45.1 Å². The first kappa shape index (κ1) is 17.7. The first-order chi connectivity index (χ1) is 8.09. The number of amides is 1. The van der Waals surface area contributed by atoms with E-state index in [1.165, 1.54) is 12.8 Å². The molecule has 0 aromatic heterocycles. The number of hydrogen-bond donors (Lipinski definition) is 2. The van der Waals surface area contributed by atoms with Crippen molar-refractivity contribution in [3.63, 3.8) is 0 Å². The van der Waals surface area contributed by atoms with Crippen LogP contribution in [-0.4, -0.2) is 48.7 Å². The van der Waals surface area contributed by atoms with E-state index in [4.69, 9.17) is 0 Å². The van der Waals surface area contributed by atoms with Crippen LogP contribution in [-0.2, 0) is 4.79 Å². The molecule has 0 aromatic rings. The lowest BCUT2D eigenvalue weighted by molar-refractivity contribution is -0.130. The summed E-state index contributed by atoms with van der Waals surface area (Å²) in [5.74, 6) is 0.926. The highest BCUT2D eigenvalue weighted by Crippen LogP contribution is 2.18. The number of hydrogen-bond acceptors (Lipinski definition) is 3. The van der Waals surface area contributed by atoms with Crippen molar-refractivity contribution in [1.82, 2.24) is 10.2 Å². The molecular formula is C13H27ClN2O2. The van der Waals surface area contributed by atoms with Crippen LogP contribution in [0.3, 0.4) is 0 Å². The maximum Gasteiger partial charge on any atom is 0.222 e. The minimum Gasteiger partial charge on any atom is -0.393 e. The molecule has 0 aliphatic carbocycles. The summed E-state index contributed by atoms with van der Waals surface area (Å²) in [6.07, 6.45) is 4.40. The Morgan fingerprint density at radius 2 is 2.06 bits per heavy atom. The molecule has 0 saturated carbocycles. The molecule has 1 amide bonds. The van der Waals surface area contributed by atoms with Gasteiger partial charge in [0.1, 0.15) is 0 Å². The van der Waals surface area contributed by atoms with E-state index in [1.54, 1.807) is 11.8 Å². The summed E-state index contributed by atoms with van der Waals surface area (Å²) < 4.78 is 0. The van der Waals surface area contributed by atoms with E-state index in [0.29, 0.717) is 25.3 Å². The molecule has 0 bridgehead atoms. The summed E-state index contributed by atoms with van der Waals surface area (Å²) >= 11 is 0. The Balaban J connectivity index is 0.00000289. The van der Waals surface area contributed by atoms with Crippen LogP contribution in [0.15, 0.2) is 0 Å². The molecule has 4 nitrogen and oxygen atoms in total. The zero-order chi connectivity index (χ0) is 12.7. The third-order valence-corrected chi connectivity index (χ3v) is 3.53. The number of nitrogens with zero attached hydrogens (tertiary/aromatic N) is 1. The van der Waals surface area contributed by atoms with Gasteiger partial charge in [0.25, 0.3) is 0 Å². The average molecular weight is 279 g/mol. The number of rotatable bonds is 6. The van der Waals surface area contributed by atoms with Crippen molar-refractivity contribution in [3.8, 4) is 0 Å². The second-order valence-corrected chi connectivity index (χ2v) is 5.19. The highest BCUT2D eigenvalue weighted by atomic mass is 35.5. The van der Waals surface area contributed by atoms with Crippen molar-refractivity contribution in [2.24, 2.45) is 5.92 Å². The molecule has 0 aromatic carbocycles. The molecule has 0 spiro atoms. The summed E-state index contributed by atoms with van der Waals surface area (Å²) in [7, 11) is 1.83. The van der Waals surface area contributed by atoms with E-state index in [2.05, 4.69) is 5.32 Å². The summed E-state index contributed by atoms with van der Waals surface area (Å²) in [6.45, 7) is 4.60. The molecule has 108 valence electrons. The quantitative estimate of drug-likeness (QED) is 0.773. The Morgan fingerprint density at radius 1 is 1.44 bits per heavy atom. The van der Waals surface area contributed by atoms with Gasteiger partial charge in [-0.2, -0.15) is 0 Å². The van der Waals surface area contributed by atoms with Crippen LogP contribution in [0.2, 0.25) is 0 Å². The van der Waals surface area contributed by atoms with Gasteiger partial charge < -0.3 is 15.3 Å². The Hall–Kier alpha value is -0.320. The van der Waals surface area contributed by atoms with Crippen LogP contribution in [0.1, 0.15) is 39.0 Å². The number of carbonyl (C=O) groups is 1. The van der Waals surface area contributed by atoms with Gasteiger partial charge in [-0.3, -0.25) is 4.79 Å². The molecule has 5 heteroatoms. The molecule has 2 N–H and O–H groups in total. The highest BCUT2D eigenvalue weighted by Gasteiger charge is 2.16. The first-order valence-corrected chi connectivity index (χ1v) is 6.72. The van der Waals surface area contributed by atoms with Gasteiger partial charge in [-0.1, -0.05) is 0 Å². The van der Waals surface area contributed by atoms with Crippen molar-refractivity contribution < 1.29 is 9.90 Å². The number of nitrogens with one attached hydrogen (secondary N) is 1. The zero-order valence-electron chi connectivity index (χ0n) is 11.5. The van der Waals surface area contributed by atoms with Crippen LogP contribution in [0.4, 0.5) is 0 Å². The molecule has 1 aliphatic rings. The lowest BCUT2D eigenvalue weighted by Gasteiger charge is -2.23. The molecule has 18 heavy (non-hydrogen) atoms. The molecule has 1 aliphatic heterocycles. The van der Waals surface area contributed by atoms with Gasteiger partial charge in [0.2, 0.25) is 5.91 Å². The van der Waals surface area contributed by atoms with E-state index in [0.717, 1.165) is 19.5 Å². The highest BCUT2D eigenvalue weighted by molar-refractivity contribution is 5.85. The zero-order valence-corrected chi connectivity index (χ0v) is 12.3. The van der Waals surface area contributed by atoms with Gasteiger partial charge >= 0.3 is 0 Å². The summed E-state index contributed by atoms with van der Waals surface area (Å²) in [6, 6.07) is 0. The van der Waals surface area contributed by atoms with Crippen molar-refractivity contribution in [3.05, 3.63) is 0 Å². The minimum atomic E-state index is -0.324. The minimum absolute atomic E-state index is 0. The molecule has 1 unspecified atom stereocenters. The third-order valence-electron chi connectivity index (χ3n) is 3.53. The largest absolute Gasteiger partial charge is 0.393 e. The Kier molecular flexibility index (Phi) is 9.42. The fraction of sp³-hybridized carbons (Fsp3) is 0.923. The van der Waals surface area contributed by atoms with Gasteiger partial charge in [-0.05, 0) is 51.6 Å². The van der Waals surface area contributed by atoms with E-state index in [1.807, 2.05) is 7.05 Å². The number of piperidine rings is 1. The number of halogens is 1. The maximum atomic E-state index is 11.8. The molecule has 1 saturated heterocycles. The predicted octanol–water partition coefficient (Wildman–Crippen LogP) is 1.42. The second kappa shape index (κ2) is 9.59. The average Bonchev–Trinajstić information content (AvgIpc) is 2.34. The second-order valence-electron chi connectivity index (χ2n) is 5.19. The van der Waals surface area contributed by atoms with Crippen LogP contribution < -0.4 is 5.32 Å². The van der Waals surface area contributed by atoms with E-state index in [9.17, 15) is 9.90 Å². The van der Waals surface area contributed by atoms with Crippen LogP contribution in [0.5, 0.6) is 0 Å². The number of aliphatic hydroxyl groups excluding tert-OH is 1. The lowest BCUT2D eigenvalue weighted by Crippen LogP contribution is -2.31. The molecular weight excluding hydrogens is 252 g/mol. The topological polar surface area (TPSA) is 52.6 Å². The summed E-state index contributed by atoms with van der Waals surface area (Å²) in [5.41, 5.74) is 0. The van der Waals surface area contributed by atoms with Gasteiger partial charge in [-0.15, -0.1) is 12.4 Å². The monoisotopic (exact) mass is 278 g/mol. The standard InChI is InChI=1S/C13H26N2O2.ClH/c1-11(16)7-10-15(2)13(17)4-3-12-5-8-14-9-6-12;/h11-12,14,16H,3-10H2,1-2H3;1H. The van der Waals surface area contributed by atoms with E-state index in [-0.39, 0.29) is 24.4 Å². The van der Waals surface area contributed by atoms with Crippen LogP contribution in [0.25, 0.3) is 0 Å². The molecule has 0 radical (unpaired) electrons.